The largest absolute Gasteiger partial charge is 0.497 e. The summed E-state index contributed by atoms with van der Waals surface area (Å²) < 4.78 is 10.5. The number of nitrogens with zero attached hydrogens (tertiary/aromatic N) is 1. The molecule has 1 fully saturated rings. The van der Waals surface area contributed by atoms with Gasteiger partial charge in [-0.25, -0.2) is 4.79 Å². The van der Waals surface area contributed by atoms with Crippen LogP contribution in [0.25, 0.3) is 0 Å². The normalized spacial score (nSPS) is 14.7. The summed E-state index contributed by atoms with van der Waals surface area (Å²) in [6, 6.07) is 7.62. The van der Waals surface area contributed by atoms with Crippen LogP contribution in [0.5, 0.6) is 5.75 Å². The lowest BCUT2D eigenvalue weighted by Gasteiger charge is -2.32. The number of hydrazine groups is 1. The summed E-state index contributed by atoms with van der Waals surface area (Å²) in [7, 11) is 1.62. The van der Waals surface area contributed by atoms with E-state index in [4.69, 9.17) is 21.7 Å². The smallest absolute Gasteiger partial charge is 0.410 e. The molecule has 0 atom stereocenters. The number of hydrogen-bond acceptors (Lipinski definition) is 5. The molecule has 160 valence electrons. The Labute approximate surface area is 177 Å². The van der Waals surface area contributed by atoms with E-state index in [1.807, 2.05) is 45.0 Å². The van der Waals surface area contributed by atoms with Gasteiger partial charge in [-0.1, -0.05) is 12.1 Å². The number of thiocarbonyl (C=S) groups is 1. The maximum atomic E-state index is 12.3. The fourth-order valence-corrected chi connectivity index (χ4v) is 2.96. The fourth-order valence-electron chi connectivity index (χ4n) is 2.84. The Morgan fingerprint density at radius 2 is 1.76 bits per heavy atom. The Morgan fingerprint density at radius 3 is 2.31 bits per heavy atom. The highest BCUT2D eigenvalue weighted by Gasteiger charge is 2.29. The van der Waals surface area contributed by atoms with Crippen LogP contribution in [-0.4, -0.2) is 47.8 Å². The first kappa shape index (κ1) is 22.7. The van der Waals surface area contributed by atoms with Gasteiger partial charge in [0.05, 0.1) is 7.11 Å². The summed E-state index contributed by atoms with van der Waals surface area (Å²) in [6.07, 6.45) is 0.829. The summed E-state index contributed by atoms with van der Waals surface area (Å²) >= 11 is 5.19. The number of benzene rings is 1. The Morgan fingerprint density at radius 1 is 1.14 bits per heavy atom. The zero-order chi connectivity index (χ0) is 21.4. The van der Waals surface area contributed by atoms with Crippen LogP contribution in [0.2, 0.25) is 0 Å². The van der Waals surface area contributed by atoms with E-state index in [1.54, 1.807) is 12.0 Å². The molecule has 9 heteroatoms. The first-order valence-electron chi connectivity index (χ1n) is 9.62. The van der Waals surface area contributed by atoms with Crippen molar-refractivity contribution in [3.05, 3.63) is 29.8 Å². The van der Waals surface area contributed by atoms with E-state index < -0.39 is 5.60 Å². The second-order valence-corrected chi connectivity index (χ2v) is 8.29. The van der Waals surface area contributed by atoms with Gasteiger partial charge >= 0.3 is 6.09 Å². The fraction of sp³-hybridized carbons (Fsp3) is 0.550. The van der Waals surface area contributed by atoms with Crippen molar-refractivity contribution in [2.45, 2.75) is 45.8 Å². The van der Waals surface area contributed by atoms with Gasteiger partial charge in [-0.2, -0.15) is 0 Å². The molecule has 0 spiro atoms. The highest BCUT2D eigenvalue weighted by molar-refractivity contribution is 7.80. The highest BCUT2D eigenvalue weighted by atomic mass is 32.1. The molecule has 2 rings (SSSR count). The van der Waals surface area contributed by atoms with E-state index in [2.05, 4.69) is 16.2 Å². The molecule has 1 aromatic rings. The molecule has 3 N–H and O–H groups in total. The molecule has 1 aliphatic heterocycles. The highest BCUT2D eigenvalue weighted by Crippen LogP contribution is 2.19. The molecule has 8 nitrogen and oxygen atoms in total. The molecule has 0 radical (unpaired) electrons. The van der Waals surface area contributed by atoms with Gasteiger partial charge in [-0.05, 0) is 63.5 Å². The number of likely N-dealkylation sites (tertiary alicyclic amines) is 1. The van der Waals surface area contributed by atoms with Gasteiger partial charge in [0.25, 0.3) is 0 Å². The van der Waals surface area contributed by atoms with Crippen molar-refractivity contribution < 1.29 is 19.1 Å². The third kappa shape index (κ3) is 7.77. The number of carbonyl (C=O) groups is 2. The summed E-state index contributed by atoms with van der Waals surface area (Å²) in [5.41, 5.74) is 5.88. The zero-order valence-electron chi connectivity index (χ0n) is 17.4. The maximum absolute atomic E-state index is 12.3. The number of methoxy groups -OCH3 is 1. The van der Waals surface area contributed by atoms with Gasteiger partial charge in [0.2, 0.25) is 5.91 Å². The van der Waals surface area contributed by atoms with Crippen molar-refractivity contribution in [2.24, 2.45) is 5.92 Å². The molecule has 1 heterocycles. The molecule has 1 aliphatic rings. The van der Waals surface area contributed by atoms with Crippen molar-refractivity contribution >= 4 is 29.3 Å². The summed E-state index contributed by atoms with van der Waals surface area (Å²) in [5.74, 6) is 0.479. The Kier molecular flexibility index (Phi) is 8.07. The lowest BCUT2D eigenvalue weighted by molar-refractivity contribution is -0.127. The maximum Gasteiger partial charge on any atom is 0.410 e. The SMILES string of the molecule is COc1ccc(CNC(=S)NNC(=O)C2CCN(C(=O)OC(C)(C)C)CC2)cc1. The van der Waals surface area contributed by atoms with Crippen molar-refractivity contribution in [3.63, 3.8) is 0 Å². The monoisotopic (exact) mass is 422 g/mol. The molecule has 1 aromatic carbocycles. The van der Waals surface area contributed by atoms with Crippen molar-refractivity contribution in [1.82, 2.24) is 21.1 Å². The quantitative estimate of drug-likeness (QED) is 0.507. The minimum atomic E-state index is -0.524. The predicted octanol–water partition coefficient (Wildman–Crippen LogP) is 2.34. The van der Waals surface area contributed by atoms with Crippen LogP contribution in [0.15, 0.2) is 24.3 Å². The third-order valence-electron chi connectivity index (χ3n) is 4.43. The van der Waals surface area contributed by atoms with E-state index in [-0.39, 0.29) is 17.9 Å². The van der Waals surface area contributed by atoms with Crippen molar-refractivity contribution in [1.29, 1.82) is 0 Å². The Bertz CT molecular complexity index is 710. The number of ether oxygens (including phenoxy) is 2. The van der Waals surface area contributed by atoms with Crippen molar-refractivity contribution in [2.75, 3.05) is 20.2 Å². The standard InChI is InChI=1S/C20H30N4O4S/c1-20(2,3)28-19(26)24-11-9-15(10-12-24)17(25)22-23-18(29)21-13-14-5-7-16(27-4)8-6-14/h5-8,15H,9-13H2,1-4H3,(H,22,25)(H2,21,23,29). The van der Waals surface area contributed by atoms with Crippen LogP contribution in [-0.2, 0) is 16.1 Å². The van der Waals surface area contributed by atoms with Crippen LogP contribution in [0.3, 0.4) is 0 Å². The molecule has 2 amide bonds. The molecule has 0 aromatic heterocycles. The van der Waals surface area contributed by atoms with Gasteiger partial charge in [0, 0.05) is 25.6 Å². The van der Waals surface area contributed by atoms with E-state index in [0.29, 0.717) is 37.6 Å². The van der Waals surface area contributed by atoms with Crippen LogP contribution in [0.1, 0.15) is 39.2 Å². The topological polar surface area (TPSA) is 91.9 Å². The second kappa shape index (κ2) is 10.3. The number of hydrogen-bond donors (Lipinski definition) is 3. The molecule has 0 unspecified atom stereocenters. The number of carbonyl (C=O) groups excluding carboxylic acids is 2. The van der Waals surface area contributed by atoms with Gasteiger partial charge in [-0.15, -0.1) is 0 Å². The molecule has 29 heavy (non-hydrogen) atoms. The molecule has 0 aliphatic carbocycles. The number of rotatable bonds is 4. The summed E-state index contributed by atoms with van der Waals surface area (Å²) in [4.78, 5) is 26.1. The number of amides is 2. The minimum absolute atomic E-state index is 0.137. The van der Waals surface area contributed by atoms with Gasteiger partial charge < -0.3 is 19.7 Å². The van der Waals surface area contributed by atoms with Crippen LogP contribution >= 0.6 is 12.2 Å². The number of piperidine rings is 1. The van der Waals surface area contributed by atoms with Gasteiger partial charge in [-0.3, -0.25) is 15.6 Å². The zero-order valence-corrected chi connectivity index (χ0v) is 18.2. The van der Waals surface area contributed by atoms with Gasteiger partial charge in [0.1, 0.15) is 11.4 Å². The molecular weight excluding hydrogens is 392 g/mol. The summed E-state index contributed by atoms with van der Waals surface area (Å²) in [5, 5.41) is 3.37. The molecule has 0 saturated carbocycles. The van der Waals surface area contributed by atoms with Crippen LogP contribution in [0.4, 0.5) is 4.79 Å². The van der Waals surface area contributed by atoms with E-state index in [0.717, 1.165) is 11.3 Å². The average Bonchev–Trinajstić information content (AvgIpc) is 2.69. The summed E-state index contributed by atoms with van der Waals surface area (Å²) in [6.45, 7) is 7.02. The molecule has 1 saturated heterocycles. The first-order chi connectivity index (χ1) is 13.7. The third-order valence-corrected chi connectivity index (χ3v) is 4.68. The van der Waals surface area contributed by atoms with Gasteiger partial charge in [0.15, 0.2) is 5.11 Å². The van der Waals surface area contributed by atoms with Crippen LogP contribution < -0.4 is 20.9 Å². The van der Waals surface area contributed by atoms with Crippen molar-refractivity contribution in [3.8, 4) is 5.75 Å². The van der Waals surface area contributed by atoms with E-state index in [1.165, 1.54) is 0 Å². The molecule has 0 bridgehead atoms. The number of nitrogens with one attached hydrogen (secondary N) is 3. The lowest BCUT2D eigenvalue weighted by atomic mass is 9.96. The Hall–Kier alpha value is -2.55. The molecular formula is C20H30N4O4S. The predicted molar refractivity (Wildman–Crippen MR) is 114 cm³/mol. The van der Waals surface area contributed by atoms with E-state index in [9.17, 15) is 9.59 Å². The first-order valence-corrected chi connectivity index (χ1v) is 10.0. The van der Waals surface area contributed by atoms with Crippen LogP contribution in [0, 0.1) is 5.92 Å². The second-order valence-electron chi connectivity index (χ2n) is 7.89. The minimum Gasteiger partial charge on any atom is -0.497 e. The lowest BCUT2D eigenvalue weighted by Crippen LogP contribution is -2.50. The van der Waals surface area contributed by atoms with E-state index >= 15 is 0 Å². The average molecular weight is 423 g/mol. The Balaban J connectivity index is 1.67.